The normalized spacial score (nSPS) is 11.9. The van der Waals surface area contributed by atoms with Crippen molar-refractivity contribution in [3.8, 4) is 0 Å². The second kappa shape index (κ2) is 14.7. The van der Waals surface area contributed by atoms with Crippen molar-refractivity contribution in [3.63, 3.8) is 0 Å². The molecular weight excluding hydrogens is 681 g/mol. The van der Waals surface area contributed by atoms with E-state index in [1.807, 2.05) is 0 Å². The summed E-state index contributed by atoms with van der Waals surface area (Å²) in [5.74, 6) is 0. The summed E-state index contributed by atoms with van der Waals surface area (Å²) in [7, 11) is 0. The van der Waals surface area contributed by atoms with Crippen LogP contribution >= 0.6 is 0 Å². The van der Waals surface area contributed by atoms with Crippen LogP contribution in [0.3, 0.4) is 0 Å². The highest BCUT2D eigenvalue weighted by atomic mass is 15.3. The van der Waals surface area contributed by atoms with Gasteiger partial charge in [0.25, 0.3) is 0 Å². The van der Waals surface area contributed by atoms with E-state index in [1.165, 1.54) is 22.3 Å². The maximum absolute atomic E-state index is 2.44. The Bertz CT molecular complexity index is 2280. The van der Waals surface area contributed by atoms with Gasteiger partial charge in [-0.25, -0.2) is 0 Å². The fourth-order valence-electron chi connectivity index (χ4n) is 7.81. The Morgan fingerprint density at radius 2 is 0.482 bits per heavy atom. The molecule has 0 saturated carbocycles. The van der Waals surface area contributed by atoms with Crippen LogP contribution < -0.4 is 19.6 Å². The second-order valence-corrected chi connectivity index (χ2v) is 14.6. The summed E-state index contributed by atoms with van der Waals surface area (Å²) >= 11 is 0. The fourth-order valence-corrected chi connectivity index (χ4v) is 7.81. The van der Waals surface area contributed by atoms with E-state index in [4.69, 9.17) is 0 Å². The van der Waals surface area contributed by atoms with Gasteiger partial charge in [0.1, 0.15) is 0 Å². The van der Waals surface area contributed by atoms with Crippen LogP contribution in [0.4, 0.5) is 68.2 Å². The van der Waals surface area contributed by atoms with Gasteiger partial charge in [-0.2, -0.15) is 0 Å². The number of hydrogen-bond acceptors (Lipinski definition) is 4. The molecule has 0 fully saturated rings. The largest absolute Gasteiger partial charge is 0.311 e. The first-order valence-corrected chi connectivity index (χ1v) is 19.3. The molecule has 0 radical (unpaired) electrons. The highest BCUT2D eigenvalue weighted by Crippen LogP contribution is 2.56. The Kier molecular flexibility index (Phi) is 9.08. The number of nitrogens with zero attached hydrogens (tertiary/aromatic N) is 4. The summed E-state index contributed by atoms with van der Waals surface area (Å²) in [6, 6.07) is 69.8. The smallest absolute Gasteiger partial charge is 0.0706 e. The molecule has 0 spiro atoms. The molecule has 1 heterocycles. The predicted octanol–water partition coefficient (Wildman–Crippen LogP) is 15.1. The first kappa shape index (κ1) is 34.7. The van der Waals surface area contributed by atoms with E-state index in [0.717, 1.165) is 68.2 Å². The summed E-state index contributed by atoms with van der Waals surface area (Å²) in [5.41, 5.74) is 18.5. The first-order valence-electron chi connectivity index (χ1n) is 19.3. The van der Waals surface area contributed by atoms with Crippen LogP contribution in [-0.4, -0.2) is 0 Å². The van der Waals surface area contributed by atoms with Crippen molar-refractivity contribution in [2.24, 2.45) is 0 Å². The molecule has 4 heteroatoms. The molecule has 0 saturated heterocycles. The van der Waals surface area contributed by atoms with Gasteiger partial charge >= 0.3 is 0 Å². The van der Waals surface area contributed by atoms with Gasteiger partial charge in [0.2, 0.25) is 0 Å². The van der Waals surface area contributed by atoms with Crippen LogP contribution in [0.1, 0.15) is 22.3 Å². The zero-order valence-corrected chi connectivity index (χ0v) is 32.3. The van der Waals surface area contributed by atoms with Crippen LogP contribution in [0, 0.1) is 27.7 Å². The quantitative estimate of drug-likeness (QED) is 0.155. The maximum Gasteiger partial charge on any atom is 0.0706 e. The molecule has 272 valence electrons. The predicted molar refractivity (Wildman–Crippen MR) is 238 cm³/mol. The zero-order valence-electron chi connectivity index (χ0n) is 32.3. The van der Waals surface area contributed by atoms with Gasteiger partial charge in [-0.3, -0.25) is 0 Å². The average Bonchev–Trinajstić information content (AvgIpc) is 3.24. The molecule has 0 N–H and O–H groups in total. The van der Waals surface area contributed by atoms with E-state index in [2.05, 4.69) is 241 Å². The number of aryl methyl sites for hydroxylation is 4. The van der Waals surface area contributed by atoms with Gasteiger partial charge in [-0.05, 0) is 171 Å². The van der Waals surface area contributed by atoms with E-state index < -0.39 is 0 Å². The highest BCUT2D eigenvalue weighted by Gasteiger charge is 2.32. The van der Waals surface area contributed by atoms with Gasteiger partial charge in [0, 0.05) is 45.5 Å². The Morgan fingerprint density at radius 3 is 0.714 bits per heavy atom. The van der Waals surface area contributed by atoms with Gasteiger partial charge in [0.15, 0.2) is 0 Å². The molecule has 1 aliphatic rings. The van der Waals surface area contributed by atoms with E-state index >= 15 is 0 Å². The maximum atomic E-state index is 2.44. The summed E-state index contributed by atoms with van der Waals surface area (Å²) in [6.45, 7) is 8.85. The van der Waals surface area contributed by atoms with Crippen molar-refractivity contribution in [3.05, 3.63) is 216 Å². The standard InChI is InChI=1S/C52H44N4/c1-37-33-49-50(34-38(37)2)56(48-31-27-46(28-32-48)54(43-21-13-7-14-22-43)44-23-15-8-16-24-44)52-36-40(4)39(3)35-51(52)55(49)47-29-25-45(26-30-47)53(41-17-9-5-10-18-41)42-19-11-6-12-20-42/h5-36H,1-4H3. The van der Waals surface area contributed by atoms with E-state index in [-0.39, 0.29) is 0 Å². The van der Waals surface area contributed by atoms with Crippen molar-refractivity contribution in [1.82, 2.24) is 0 Å². The lowest BCUT2D eigenvalue weighted by atomic mass is 9.97. The lowest BCUT2D eigenvalue weighted by Crippen LogP contribution is -2.25. The zero-order chi connectivity index (χ0) is 38.2. The van der Waals surface area contributed by atoms with Crippen molar-refractivity contribution >= 4 is 68.2 Å². The summed E-state index contributed by atoms with van der Waals surface area (Å²) < 4.78 is 0. The van der Waals surface area contributed by atoms with Crippen molar-refractivity contribution in [2.75, 3.05) is 19.6 Å². The minimum Gasteiger partial charge on any atom is -0.311 e. The lowest BCUT2D eigenvalue weighted by Gasteiger charge is -2.41. The van der Waals surface area contributed by atoms with Crippen LogP contribution in [0.15, 0.2) is 194 Å². The third-order valence-electron chi connectivity index (χ3n) is 10.9. The van der Waals surface area contributed by atoms with Gasteiger partial charge in [-0.1, -0.05) is 72.8 Å². The average molecular weight is 725 g/mol. The highest BCUT2D eigenvalue weighted by molar-refractivity contribution is 6.02. The Labute approximate surface area is 330 Å². The molecule has 0 unspecified atom stereocenters. The monoisotopic (exact) mass is 724 g/mol. The molecule has 0 bridgehead atoms. The number of benzene rings is 8. The van der Waals surface area contributed by atoms with Gasteiger partial charge < -0.3 is 19.6 Å². The minimum atomic E-state index is 1.10. The molecule has 0 amide bonds. The van der Waals surface area contributed by atoms with E-state index in [0.29, 0.717) is 0 Å². The molecule has 56 heavy (non-hydrogen) atoms. The third-order valence-corrected chi connectivity index (χ3v) is 10.9. The first-order chi connectivity index (χ1) is 27.4. The number of para-hydroxylation sites is 4. The molecule has 9 rings (SSSR count). The van der Waals surface area contributed by atoms with Crippen molar-refractivity contribution in [2.45, 2.75) is 27.7 Å². The Hall–Kier alpha value is -7.04. The van der Waals surface area contributed by atoms with Crippen LogP contribution in [-0.2, 0) is 0 Å². The molecular formula is C52H44N4. The topological polar surface area (TPSA) is 13.0 Å². The number of hydrogen-bond donors (Lipinski definition) is 0. The third kappa shape index (κ3) is 6.35. The number of fused-ring (bicyclic) bond motifs is 2. The SMILES string of the molecule is Cc1cc2c(cc1C)N(c1ccc(N(c3ccccc3)c3ccccc3)cc1)c1cc(C)c(C)cc1N2c1ccc(N(c2ccccc2)c2ccccc2)cc1. The van der Waals surface area contributed by atoms with Gasteiger partial charge in [0.05, 0.1) is 22.7 Å². The molecule has 4 nitrogen and oxygen atoms in total. The van der Waals surface area contributed by atoms with Gasteiger partial charge in [-0.15, -0.1) is 0 Å². The lowest BCUT2D eigenvalue weighted by molar-refractivity contribution is 1.14. The summed E-state index contributed by atoms with van der Waals surface area (Å²) in [5, 5.41) is 0. The minimum absolute atomic E-state index is 1.10. The number of rotatable bonds is 8. The fraction of sp³-hybridized carbons (Fsp3) is 0.0769. The molecule has 0 aliphatic carbocycles. The van der Waals surface area contributed by atoms with Crippen LogP contribution in [0.5, 0.6) is 0 Å². The Balaban J connectivity index is 1.16. The molecule has 0 atom stereocenters. The van der Waals surface area contributed by atoms with Crippen LogP contribution in [0.25, 0.3) is 0 Å². The molecule has 1 aliphatic heterocycles. The van der Waals surface area contributed by atoms with E-state index in [1.54, 1.807) is 0 Å². The second-order valence-electron chi connectivity index (χ2n) is 14.6. The van der Waals surface area contributed by atoms with Crippen molar-refractivity contribution < 1.29 is 0 Å². The number of anilines is 12. The summed E-state index contributed by atoms with van der Waals surface area (Å²) in [4.78, 5) is 9.51. The van der Waals surface area contributed by atoms with Crippen molar-refractivity contribution in [1.29, 1.82) is 0 Å². The Morgan fingerprint density at radius 1 is 0.268 bits per heavy atom. The summed E-state index contributed by atoms with van der Waals surface area (Å²) in [6.07, 6.45) is 0. The molecule has 8 aromatic rings. The van der Waals surface area contributed by atoms with Crippen LogP contribution in [0.2, 0.25) is 0 Å². The molecule has 8 aromatic carbocycles. The van der Waals surface area contributed by atoms with E-state index in [9.17, 15) is 0 Å². The molecule has 0 aromatic heterocycles.